The summed E-state index contributed by atoms with van der Waals surface area (Å²) in [5.74, 6) is 0. The van der Waals surface area contributed by atoms with Crippen molar-refractivity contribution in [2.45, 2.75) is 31.6 Å². The first kappa shape index (κ1) is 16.4. The Kier molecular flexibility index (Phi) is 7.38. The van der Waals surface area contributed by atoms with Gasteiger partial charge in [0.05, 0.1) is 4.90 Å². The predicted octanol–water partition coefficient (Wildman–Crippen LogP) is 2.29. The first-order valence-electron chi connectivity index (χ1n) is 5.35. The maximum Gasteiger partial charge on any atom is 0.312 e. The van der Waals surface area contributed by atoms with E-state index < -0.39 is 10.1 Å². The fourth-order valence-electron chi connectivity index (χ4n) is 1.16. The highest BCUT2D eigenvalue weighted by molar-refractivity contribution is 7.86. The van der Waals surface area contributed by atoms with Crippen molar-refractivity contribution in [2.75, 3.05) is 6.54 Å². The summed E-state index contributed by atoms with van der Waals surface area (Å²) in [5, 5.41) is 0. The molecule has 0 spiro atoms. The normalized spacial score (nSPS) is 10.9. The van der Waals surface area contributed by atoms with Crippen LogP contribution in [0.5, 0.6) is 0 Å². The van der Waals surface area contributed by atoms with Crippen LogP contribution in [-0.4, -0.2) is 15.0 Å². The second-order valence-electron chi connectivity index (χ2n) is 3.43. The van der Waals surface area contributed by atoms with E-state index in [1.807, 2.05) is 13.8 Å². The van der Waals surface area contributed by atoms with Crippen LogP contribution in [0.15, 0.2) is 29.2 Å². The molecule has 4 nitrogen and oxygen atoms in total. The third-order valence-electron chi connectivity index (χ3n) is 2.14. The number of hydrogen-bond donors (Lipinski definition) is 1. The molecule has 0 heterocycles. The van der Waals surface area contributed by atoms with Crippen molar-refractivity contribution in [1.29, 1.82) is 0 Å². The predicted molar refractivity (Wildman–Crippen MR) is 69.6 cm³/mol. The molecule has 1 aromatic carbocycles. The van der Waals surface area contributed by atoms with Gasteiger partial charge in [0.15, 0.2) is 0 Å². The lowest BCUT2D eigenvalue weighted by Crippen LogP contribution is -2.21. The lowest BCUT2D eigenvalue weighted by atomic mass is 10.2. The van der Waals surface area contributed by atoms with Crippen molar-refractivity contribution < 1.29 is 12.7 Å². The molecule has 0 radical (unpaired) electrons. The molecule has 98 valence electrons. The van der Waals surface area contributed by atoms with Crippen molar-refractivity contribution in [2.24, 2.45) is 0 Å². The van der Waals surface area contributed by atoms with E-state index in [0.717, 1.165) is 18.4 Å². The minimum atomic E-state index is -3.67. The van der Waals surface area contributed by atoms with Crippen molar-refractivity contribution in [3.8, 4) is 0 Å². The van der Waals surface area contributed by atoms with Gasteiger partial charge in [-0.3, -0.25) is 0 Å². The van der Waals surface area contributed by atoms with E-state index in [-0.39, 0.29) is 17.3 Å². The molecule has 0 aliphatic heterocycles. The van der Waals surface area contributed by atoms with Gasteiger partial charge >= 0.3 is 10.1 Å². The summed E-state index contributed by atoms with van der Waals surface area (Å²) < 4.78 is 27.9. The van der Waals surface area contributed by atoms with Crippen molar-refractivity contribution >= 4 is 22.5 Å². The quantitative estimate of drug-likeness (QED) is 0.641. The Morgan fingerprint density at radius 3 is 2.24 bits per heavy atom. The van der Waals surface area contributed by atoms with Crippen LogP contribution in [0.1, 0.15) is 25.8 Å². The smallest absolute Gasteiger partial charge is 0.192 e. The van der Waals surface area contributed by atoms with Crippen LogP contribution in [0.2, 0.25) is 0 Å². The maximum absolute atomic E-state index is 11.6. The van der Waals surface area contributed by atoms with E-state index in [1.54, 1.807) is 24.3 Å². The van der Waals surface area contributed by atoms with E-state index in [9.17, 15) is 8.42 Å². The third kappa shape index (κ3) is 5.04. The monoisotopic (exact) mass is 279 g/mol. The minimum Gasteiger partial charge on any atom is -0.192 e. The zero-order valence-electron chi connectivity index (χ0n) is 9.97. The van der Waals surface area contributed by atoms with Crippen LogP contribution in [0.25, 0.3) is 0 Å². The SMILES string of the molecule is CCCNOS(=O)(=O)c1ccc(CC)cc1.Cl. The summed E-state index contributed by atoms with van der Waals surface area (Å²) in [5.41, 5.74) is 3.51. The molecular formula is C11H18ClNO3S. The van der Waals surface area contributed by atoms with Crippen molar-refractivity contribution in [3.63, 3.8) is 0 Å². The van der Waals surface area contributed by atoms with Gasteiger partial charge in [0, 0.05) is 6.54 Å². The second kappa shape index (κ2) is 7.66. The lowest BCUT2D eigenvalue weighted by Gasteiger charge is -2.06. The molecule has 0 aliphatic carbocycles. The lowest BCUT2D eigenvalue weighted by molar-refractivity contribution is 0.204. The number of hydrogen-bond acceptors (Lipinski definition) is 4. The van der Waals surface area contributed by atoms with Gasteiger partial charge in [-0.05, 0) is 30.5 Å². The molecule has 1 aromatic rings. The Morgan fingerprint density at radius 2 is 1.76 bits per heavy atom. The van der Waals surface area contributed by atoms with Crippen LogP contribution in [0.3, 0.4) is 0 Å². The van der Waals surface area contributed by atoms with Crippen LogP contribution in [0.4, 0.5) is 0 Å². The Morgan fingerprint density at radius 1 is 1.18 bits per heavy atom. The molecule has 17 heavy (non-hydrogen) atoms. The zero-order chi connectivity index (χ0) is 12.0. The highest BCUT2D eigenvalue weighted by atomic mass is 35.5. The fourth-order valence-corrected chi connectivity index (χ4v) is 1.97. The molecule has 1 N–H and O–H groups in total. The van der Waals surface area contributed by atoms with Crippen LogP contribution in [0, 0.1) is 0 Å². The average molecular weight is 280 g/mol. The minimum absolute atomic E-state index is 0. The maximum atomic E-state index is 11.6. The van der Waals surface area contributed by atoms with E-state index in [4.69, 9.17) is 0 Å². The van der Waals surface area contributed by atoms with Gasteiger partial charge in [-0.25, -0.2) is 0 Å². The summed E-state index contributed by atoms with van der Waals surface area (Å²) in [4.78, 5) is 0.174. The summed E-state index contributed by atoms with van der Waals surface area (Å²) in [6, 6.07) is 6.69. The first-order chi connectivity index (χ1) is 7.60. The Balaban J connectivity index is 0.00000256. The summed E-state index contributed by atoms with van der Waals surface area (Å²) in [7, 11) is -3.67. The molecule has 1 rings (SSSR count). The highest BCUT2D eigenvalue weighted by Crippen LogP contribution is 2.12. The summed E-state index contributed by atoms with van der Waals surface area (Å²) >= 11 is 0. The van der Waals surface area contributed by atoms with Crippen molar-refractivity contribution in [3.05, 3.63) is 29.8 Å². The highest BCUT2D eigenvalue weighted by Gasteiger charge is 2.14. The second-order valence-corrected chi connectivity index (χ2v) is 4.98. The average Bonchev–Trinajstić information content (AvgIpc) is 2.29. The van der Waals surface area contributed by atoms with Gasteiger partial charge in [0.1, 0.15) is 0 Å². The van der Waals surface area contributed by atoms with Gasteiger partial charge in [-0.2, -0.15) is 18.2 Å². The molecule has 0 fully saturated rings. The molecule has 0 saturated carbocycles. The van der Waals surface area contributed by atoms with E-state index >= 15 is 0 Å². The fraction of sp³-hybridized carbons (Fsp3) is 0.455. The number of aryl methyl sites for hydroxylation is 1. The third-order valence-corrected chi connectivity index (χ3v) is 3.33. The standard InChI is InChI=1S/C11H17NO3S.ClH/c1-3-9-12-15-16(13,14)11-7-5-10(4-2)6-8-11;/h5-8,12H,3-4,9H2,1-2H3;1H. The number of halogens is 1. The molecule has 0 amide bonds. The van der Waals surface area contributed by atoms with Gasteiger partial charge in [0.2, 0.25) is 0 Å². The van der Waals surface area contributed by atoms with Crippen LogP contribution >= 0.6 is 12.4 Å². The largest absolute Gasteiger partial charge is 0.312 e. The van der Waals surface area contributed by atoms with Gasteiger partial charge in [-0.1, -0.05) is 26.0 Å². The summed E-state index contributed by atoms with van der Waals surface area (Å²) in [6.45, 7) is 4.45. The Labute approximate surface area is 109 Å². The molecule has 0 aromatic heterocycles. The first-order valence-corrected chi connectivity index (χ1v) is 6.76. The van der Waals surface area contributed by atoms with Crippen LogP contribution < -0.4 is 5.48 Å². The van der Waals surface area contributed by atoms with Gasteiger partial charge in [-0.15, -0.1) is 12.4 Å². The molecular weight excluding hydrogens is 262 g/mol. The molecule has 0 saturated heterocycles. The number of rotatable bonds is 6. The molecule has 0 aliphatic rings. The van der Waals surface area contributed by atoms with Gasteiger partial charge < -0.3 is 0 Å². The number of benzene rings is 1. The Bertz CT molecular complexity index is 417. The number of hydroxylamine groups is 1. The molecule has 0 bridgehead atoms. The van der Waals surface area contributed by atoms with Crippen molar-refractivity contribution in [1.82, 2.24) is 5.48 Å². The van der Waals surface area contributed by atoms with E-state index in [2.05, 4.69) is 9.76 Å². The number of nitrogens with one attached hydrogen (secondary N) is 1. The molecule has 6 heteroatoms. The topological polar surface area (TPSA) is 55.4 Å². The molecule has 0 unspecified atom stereocenters. The van der Waals surface area contributed by atoms with Crippen LogP contribution in [-0.2, 0) is 20.8 Å². The summed E-state index contributed by atoms with van der Waals surface area (Å²) in [6.07, 6.45) is 1.69. The zero-order valence-corrected chi connectivity index (χ0v) is 11.6. The Hall–Kier alpha value is -0.620. The van der Waals surface area contributed by atoms with E-state index in [1.165, 1.54) is 0 Å². The van der Waals surface area contributed by atoms with E-state index in [0.29, 0.717) is 6.54 Å². The van der Waals surface area contributed by atoms with Gasteiger partial charge in [0.25, 0.3) is 0 Å². The molecule has 0 atom stereocenters.